The predicted octanol–water partition coefficient (Wildman–Crippen LogP) is 4.15. The highest BCUT2D eigenvalue weighted by Crippen LogP contribution is 2.22. The number of benzene rings is 1. The van der Waals surface area contributed by atoms with E-state index >= 15 is 0 Å². The zero-order valence-electron chi connectivity index (χ0n) is 16.1. The SMILES string of the molecule is CN=C(NCc1ccc(C)s1)NCc1cc(N(C)C)nc2ccccc12.I. The molecule has 3 rings (SSSR count). The second-order valence-electron chi connectivity index (χ2n) is 6.34. The number of nitrogens with one attached hydrogen (secondary N) is 2. The van der Waals surface area contributed by atoms with Gasteiger partial charge in [0.15, 0.2) is 5.96 Å². The molecule has 0 aliphatic heterocycles. The van der Waals surface area contributed by atoms with Gasteiger partial charge in [-0.05, 0) is 36.8 Å². The summed E-state index contributed by atoms with van der Waals surface area (Å²) in [5.74, 6) is 1.75. The van der Waals surface area contributed by atoms with Crippen LogP contribution >= 0.6 is 35.3 Å². The molecule has 2 heterocycles. The quantitative estimate of drug-likeness (QED) is 0.317. The molecular formula is C20H26IN5S. The average molecular weight is 495 g/mol. The molecule has 5 nitrogen and oxygen atoms in total. The molecule has 0 spiro atoms. The molecule has 0 aliphatic carbocycles. The molecule has 1 aromatic carbocycles. The van der Waals surface area contributed by atoms with E-state index in [1.807, 2.05) is 25.1 Å². The lowest BCUT2D eigenvalue weighted by molar-refractivity contribution is 0.817. The number of halogens is 1. The van der Waals surface area contributed by atoms with Gasteiger partial charge in [0.05, 0.1) is 12.1 Å². The fourth-order valence-corrected chi connectivity index (χ4v) is 3.59. The number of para-hydroxylation sites is 1. The van der Waals surface area contributed by atoms with E-state index in [1.54, 1.807) is 18.4 Å². The van der Waals surface area contributed by atoms with Crippen LogP contribution in [0.15, 0.2) is 47.5 Å². The van der Waals surface area contributed by atoms with E-state index in [4.69, 9.17) is 4.98 Å². The molecule has 0 saturated carbocycles. The van der Waals surface area contributed by atoms with Gasteiger partial charge in [-0.2, -0.15) is 0 Å². The molecule has 0 fully saturated rings. The van der Waals surface area contributed by atoms with Crippen molar-refractivity contribution in [1.29, 1.82) is 0 Å². The summed E-state index contributed by atoms with van der Waals surface area (Å²) >= 11 is 1.80. The van der Waals surface area contributed by atoms with Crippen molar-refractivity contribution in [2.45, 2.75) is 20.0 Å². The molecule has 3 aromatic rings. The first-order valence-electron chi connectivity index (χ1n) is 8.62. The van der Waals surface area contributed by atoms with Crippen LogP contribution in [0, 0.1) is 6.92 Å². The first-order valence-corrected chi connectivity index (χ1v) is 9.44. The Morgan fingerprint density at radius 2 is 1.85 bits per heavy atom. The van der Waals surface area contributed by atoms with Gasteiger partial charge in [-0.25, -0.2) is 4.98 Å². The summed E-state index contributed by atoms with van der Waals surface area (Å²) in [5.41, 5.74) is 2.21. The lowest BCUT2D eigenvalue weighted by Gasteiger charge is -2.16. The molecule has 144 valence electrons. The molecule has 0 atom stereocenters. The summed E-state index contributed by atoms with van der Waals surface area (Å²) in [6, 6.07) is 14.7. The first-order chi connectivity index (χ1) is 12.6. The molecule has 2 aromatic heterocycles. The highest BCUT2D eigenvalue weighted by Gasteiger charge is 2.08. The van der Waals surface area contributed by atoms with E-state index in [1.165, 1.54) is 15.3 Å². The molecule has 0 bridgehead atoms. The maximum Gasteiger partial charge on any atom is 0.191 e. The average Bonchev–Trinajstić information content (AvgIpc) is 3.06. The Balaban J connectivity index is 0.00000261. The van der Waals surface area contributed by atoms with Crippen molar-refractivity contribution in [2.24, 2.45) is 4.99 Å². The van der Waals surface area contributed by atoms with E-state index in [2.05, 4.69) is 58.9 Å². The number of aromatic nitrogens is 1. The van der Waals surface area contributed by atoms with Crippen molar-refractivity contribution in [2.75, 3.05) is 26.0 Å². The third-order valence-electron chi connectivity index (χ3n) is 4.14. The van der Waals surface area contributed by atoms with Gasteiger partial charge in [0.25, 0.3) is 0 Å². The zero-order valence-corrected chi connectivity index (χ0v) is 19.3. The molecular weight excluding hydrogens is 469 g/mol. The standard InChI is InChI=1S/C20H25N5S.HI/c1-14-9-10-16(26-14)13-23-20(21-2)22-12-15-11-19(25(3)4)24-18-8-6-5-7-17(15)18;/h5-11H,12-13H2,1-4H3,(H2,21,22,23);1H. The predicted molar refractivity (Wildman–Crippen MR) is 128 cm³/mol. The number of hydrogen-bond donors (Lipinski definition) is 2. The monoisotopic (exact) mass is 495 g/mol. The van der Waals surface area contributed by atoms with Gasteiger partial charge in [-0.1, -0.05) is 18.2 Å². The number of pyridine rings is 1. The number of rotatable bonds is 5. The number of aliphatic imine (C=N–C) groups is 1. The second-order valence-corrected chi connectivity index (χ2v) is 7.72. The third-order valence-corrected chi connectivity index (χ3v) is 5.14. The summed E-state index contributed by atoms with van der Waals surface area (Å²) in [4.78, 5) is 13.7. The number of thiophene rings is 1. The fraction of sp³-hybridized carbons (Fsp3) is 0.300. The van der Waals surface area contributed by atoms with Crippen molar-refractivity contribution in [1.82, 2.24) is 15.6 Å². The van der Waals surface area contributed by atoms with Crippen LogP contribution in [0.25, 0.3) is 10.9 Å². The van der Waals surface area contributed by atoms with Gasteiger partial charge in [-0.15, -0.1) is 35.3 Å². The molecule has 7 heteroatoms. The van der Waals surface area contributed by atoms with Crippen LogP contribution in [0.4, 0.5) is 5.82 Å². The van der Waals surface area contributed by atoms with E-state index < -0.39 is 0 Å². The first kappa shape index (κ1) is 21.4. The molecule has 0 radical (unpaired) electrons. The second kappa shape index (κ2) is 9.89. The highest BCUT2D eigenvalue weighted by atomic mass is 127. The Morgan fingerprint density at radius 1 is 1.11 bits per heavy atom. The zero-order chi connectivity index (χ0) is 18.5. The minimum absolute atomic E-state index is 0. The van der Waals surface area contributed by atoms with E-state index in [0.717, 1.165) is 29.2 Å². The summed E-state index contributed by atoms with van der Waals surface area (Å²) in [5, 5.41) is 7.96. The van der Waals surface area contributed by atoms with Crippen LogP contribution < -0.4 is 15.5 Å². The minimum atomic E-state index is 0. The lowest BCUT2D eigenvalue weighted by Crippen LogP contribution is -2.36. The van der Waals surface area contributed by atoms with Crippen molar-refractivity contribution in [3.05, 3.63) is 57.8 Å². The van der Waals surface area contributed by atoms with Crippen LogP contribution in [-0.4, -0.2) is 32.1 Å². The number of aryl methyl sites for hydroxylation is 1. The van der Waals surface area contributed by atoms with Crippen molar-refractivity contribution in [3.63, 3.8) is 0 Å². The topological polar surface area (TPSA) is 52.6 Å². The maximum absolute atomic E-state index is 4.71. The normalized spacial score (nSPS) is 11.2. The number of nitrogens with zero attached hydrogens (tertiary/aromatic N) is 3. The van der Waals surface area contributed by atoms with Crippen LogP contribution in [0.2, 0.25) is 0 Å². The third kappa shape index (κ3) is 5.55. The summed E-state index contributed by atoms with van der Waals surface area (Å²) < 4.78 is 0. The smallest absolute Gasteiger partial charge is 0.191 e. The van der Waals surface area contributed by atoms with Gasteiger partial charge in [0, 0.05) is 42.8 Å². The highest BCUT2D eigenvalue weighted by molar-refractivity contribution is 14.0. The minimum Gasteiger partial charge on any atom is -0.363 e. The Hall–Kier alpha value is -1.87. The van der Waals surface area contributed by atoms with Gasteiger partial charge in [0.1, 0.15) is 5.82 Å². The van der Waals surface area contributed by atoms with E-state index in [-0.39, 0.29) is 24.0 Å². The molecule has 0 saturated heterocycles. The van der Waals surface area contributed by atoms with Crippen molar-refractivity contribution in [3.8, 4) is 0 Å². The van der Waals surface area contributed by atoms with Gasteiger partial charge < -0.3 is 15.5 Å². The molecule has 27 heavy (non-hydrogen) atoms. The Labute approximate surface area is 181 Å². The molecule has 0 aliphatic rings. The summed E-state index contributed by atoms with van der Waals surface area (Å²) in [6.45, 7) is 3.59. The van der Waals surface area contributed by atoms with Crippen LogP contribution in [0.5, 0.6) is 0 Å². The summed E-state index contributed by atoms with van der Waals surface area (Å²) in [7, 11) is 5.82. The Bertz CT molecular complexity index is 920. The number of anilines is 1. The van der Waals surface area contributed by atoms with Crippen molar-refractivity contribution >= 4 is 58.0 Å². The Kier molecular flexibility index (Phi) is 7.85. The van der Waals surface area contributed by atoms with E-state index in [9.17, 15) is 0 Å². The van der Waals surface area contributed by atoms with E-state index in [0.29, 0.717) is 6.54 Å². The van der Waals surface area contributed by atoms with Crippen LogP contribution in [0.3, 0.4) is 0 Å². The number of guanidine groups is 1. The van der Waals surface area contributed by atoms with Crippen molar-refractivity contribution < 1.29 is 0 Å². The molecule has 2 N–H and O–H groups in total. The number of hydrogen-bond acceptors (Lipinski definition) is 4. The Morgan fingerprint density at radius 3 is 2.52 bits per heavy atom. The fourth-order valence-electron chi connectivity index (χ4n) is 2.76. The van der Waals surface area contributed by atoms with Gasteiger partial charge in [0.2, 0.25) is 0 Å². The van der Waals surface area contributed by atoms with Crippen LogP contribution in [0.1, 0.15) is 15.3 Å². The molecule has 0 amide bonds. The largest absolute Gasteiger partial charge is 0.363 e. The number of fused-ring (bicyclic) bond motifs is 1. The van der Waals surface area contributed by atoms with Gasteiger partial charge in [-0.3, -0.25) is 4.99 Å². The van der Waals surface area contributed by atoms with Crippen LogP contribution in [-0.2, 0) is 13.1 Å². The van der Waals surface area contributed by atoms with Gasteiger partial charge >= 0.3 is 0 Å². The lowest BCUT2D eigenvalue weighted by atomic mass is 10.1. The summed E-state index contributed by atoms with van der Waals surface area (Å²) in [6.07, 6.45) is 0. The molecule has 0 unspecified atom stereocenters. The maximum atomic E-state index is 4.71.